The summed E-state index contributed by atoms with van der Waals surface area (Å²) in [6.07, 6.45) is 0.824. The van der Waals surface area contributed by atoms with E-state index in [0.29, 0.717) is 11.3 Å². The van der Waals surface area contributed by atoms with Crippen LogP contribution in [-0.4, -0.2) is 36.8 Å². The van der Waals surface area contributed by atoms with E-state index in [-0.39, 0.29) is 30.8 Å². The molecular formula is C15H21NO5. The molecule has 1 unspecified atom stereocenters. The predicted molar refractivity (Wildman–Crippen MR) is 78.4 cm³/mol. The molecule has 0 fully saturated rings. The number of ether oxygens (including phenoxy) is 2. The summed E-state index contributed by atoms with van der Waals surface area (Å²) in [6, 6.07) is 4.59. The molecule has 0 radical (unpaired) electrons. The Morgan fingerprint density at radius 3 is 2.62 bits per heavy atom. The lowest BCUT2D eigenvalue weighted by Crippen LogP contribution is -2.21. The van der Waals surface area contributed by atoms with Gasteiger partial charge in [0.1, 0.15) is 6.61 Å². The number of hydrogen-bond acceptors (Lipinski definition) is 4. The molecule has 6 heteroatoms. The SMILES string of the molecule is CCC(C)OCC(=O)Nc1cc(COC)cc(C(=O)O)c1. The number of benzene rings is 1. The molecule has 0 aliphatic rings. The molecule has 116 valence electrons. The highest BCUT2D eigenvalue weighted by Gasteiger charge is 2.10. The van der Waals surface area contributed by atoms with Crippen molar-refractivity contribution in [3.8, 4) is 0 Å². The summed E-state index contributed by atoms with van der Waals surface area (Å²) < 4.78 is 10.3. The quantitative estimate of drug-likeness (QED) is 0.768. The number of methoxy groups -OCH3 is 1. The van der Waals surface area contributed by atoms with Crippen molar-refractivity contribution in [3.05, 3.63) is 29.3 Å². The Kier molecular flexibility index (Phi) is 6.84. The van der Waals surface area contributed by atoms with Crippen molar-refractivity contribution in [2.75, 3.05) is 19.0 Å². The maximum absolute atomic E-state index is 11.8. The third kappa shape index (κ3) is 5.93. The van der Waals surface area contributed by atoms with Gasteiger partial charge in [-0.15, -0.1) is 0 Å². The first-order chi connectivity index (χ1) is 9.96. The van der Waals surface area contributed by atoms with Crippen LogP contribution in [0.1, 0.15) is 36.2 Å². The lowest BCUT2D eigenvalue weighted by Gasteiger charge is -2.12. The van der Waals surface area contributed by atoms with Gasteiger partial charge in [-0.2, -0.15) is 0 Å². The van der Waals surface area contributed by atoms with Crippen molar-refractivity contribution in [3.63, 3.8) is 0 Å². The number of aromatic carboxylic acids is 1. The van der Waals surface area contributed by atoms with E-state index < -0.39 is 5.97 Å². The van der Waals surface area contributed by atoms with Crippen molar-refractivity contribution < 1.29 is 24.2 Å². The maximum Gasteiger partial charge on any atom is 0.335 e. The summed E-state index contributed by atoms with van der Waals surface area (Å²) in [6.45, 7) is 4.06. The first kappa shape index (κ1) is 17.1. The Labute approximate surface area is 124 Å². The molecule has 0 aliphatic heterocycles. The van der Waals surface area contributed by atoms with Crippen LogP contribution in [0.2, 0.25) is 0 Å². The lowest BCUT2D eigenvalue weighted by atomic mass is 10.1. The summed E-state index contributed by atoms with van der Waals surface area (Å²) in [4.78, 5) is 22.8. The van der Waals surface area contributed by atoms with Crippen LogP contribution in [-0.2, 0) is 20.9 Å². The second-order valence-electron chi connectivity index (χ2n) is 4.73. The molecule has 1 rings (SSSR count). The Hall–Kier alpha value is -1.92. The summed E-state index contributed by atoms with van der Waals surface area (Å²) in [5.74, 6) is -1.37. The number of amides is 1. The molecular weight excluding hydrogens is 274 g/mol. The van der Waals surface area contributed by atoms with E-state index in [1.165, 1.54) is 19.2 Å². The fourth-order valence-electron chi connectivity index (χ4n) is 1.67. The second-order valence-corrected chi connectivity index (χ2v) is 4.73. The molecule has 0 spiro atoms. The van der Waals surface area contributed by atoms with Crippen LogP contribution >= 0.6 is 0 Å². The van der Waals surface area contributed by atoms with Gasteiger partial charge in [-0.1, -0.05) is 6.92 Å². The Morgan fingerprint density at radius 2 is 2.05 bits per heavy atom. The average Bonchev–Trinajstić information content (AvgIpc) is 2.44. The van der Waals surface area contributed by atoms with Gasteiger partial charge in [-0.3, -0.25) is 4.79 Å². The fraction of sp³-hybridized carbons (Fsp3) is 0.467. The van der Waals surface area contributed by atoms with Gasteiger partial charge in [0.25, 0.3) is 0 Å². The maximum atomic E-state index is 11.8. The largest absolute Gasteiger partial charge is 0.478 e. The second kappa shape index (κ2) is 8.39. The van der Waals surface area contributed by atoms with Crippen molar-refractivity contribution in [2.45, 2.75) is 33.0 Å². The van der Waals surface area contributed by atoms with E-state index in [2.05, 4.69) is 5.32 Å². The average molecular weight is 295 g/mol. The molecule has 2 N–H and O–H groups in total. The molecule has 0 aliphatic carbocycles. The van der Waals surface area contributed by atoms with Gasteiger partial charge in [-0.05, 0) is 37.1 Å². The number of carbonyl (C=O) groups is 2. The van der Waals surface area contributed by atoms with E-state index in [9.17, 15) is 9.59 Å². The van der Waals surface area contributed by atoms with Gasteiger partial charge >= 0.3 is 5.97 Å². The molecule has 6 nitrogen and oxygen atoms in total. The van der Waals surface area contributed by atoms with Gasteiger partial charge in [-0.25, -0.2) is 4.79 Å². The van der Waals surface area contributed by atoms with Gasteiger partial charge < -0.3 is 19.9 Å². The summed E-state index contributed by atoms with van der Waals surface area (Å²) in [5, 5.41) is 11.7. The zero-order chi connectivity index (χ0) is 15.8. The van der Waals surface area contributed by atoms with Crippen molar-refractivity contribution in [2.24, 2.45) is 0 Å². The molecule has 21 heavy (non-hydrogen) atoms. The number of rotatable bonds is 8. The van der Waals surface area contributed by atoms with Gasteiger partial charge in [0.05, 0.1) is 18.3 Å². The van der Waals surface area contributed by atoms with Crippen LogP contribution in [0.25, 0.3) is 0 Å². The Morgan fingerprint density at radius 1 is 1.33 bits per heavy atom. The number of nitrogens with one attached hydrogen (secondary N) is 1. The molecule has 0 heterocycles. The van der Waals surface area contributed by atoms with E-state index in [4.69, 9.17) is 14.6 Å². The highest BCUT2D eigenvalue weighted by atomic mass is 16.5. The molecule has 0 saturated carbocycles. The number of carboxylic acids is 1. The highest BCUT2D eigenvalue weighted by molar-refractivity contribution is 5.94. The monoisotopic (exact) mass is 295 g/mol. The van der Waals surface area contributed by atoms with E-state index in [0.717, 1.165) is 6.42 Å². The minimum absolute atomic E-state index is 0.00477. The van der Waals surface area contributed by atoms with Crippen molar-refractivity contribution in [1.29, 1.82) is 0 Å². The van der Waals surface area contributed by atoms with E-state index in [1.54, 1.807) is 6.07 Å². The Balaban J connectivity index is 2.77. The van der Waals surface area contributed by atoms with Crippen LogP contribution in [0, 0.1) is 0 Å². The van der Waals surface area contributed by atoms with Gasteiger partial charge in [0.15, 0.2) is 0 Å². The molecule has 0 bridgehead atoms. The van der Waals surface area contributed by atoms with Crippen LogP contribution < -0.4 is 5.32 Å². The number of carboxylic acid groups (broad SMARTS) is 1. The molecule has 0 saturated heterocycles. The summed E-state index contributed by atoms with van der Waals surface area (Å²) in [7, 11) is 1.52. The zero-order valence-electron chi connectivity index (χ0n) is 12.5. The number of hydrogen-bond donors (Lipinski definition) is 2. The molecule has 1 atom stereocenters. The zero-order valence-corrected chi connectivity index (χ0v) is 12.5. The van der Waals surface area contributed by atoms with Crippen LogP contribution in [0.4, 0.5) is 5.69 Å². The van der Waals surface area contributed by atoms with E-state index >= 15 is 0 Å². The fourth-order valence-corrected chi connectivity index (χ4v) is 1.67. The smallest absolute Gasteiger partial charge is 0.335 e. The van der Waals surface area contributed by atoms with Crippen LogP contribution in [0.15, 0.2) is 18.2 Å². The highest BCUT2D eigenvalue weighted by Crippen LogP contribution is 2.16. The van der Waals surface area contributed by atoms with Crippen LogP contribution in [0.3, 0.4) is 0 Å². The van der Waals surface area contributed by atoms with Crippen molar-refractivity contribution >= 4 is 17.6 Å². The van der Waals surface area contributed by atoms with Crippen molar-refractivity contribution in [1.82, 2.24) is 0 Å². The van der Waals surface area contributed by atoms with Gasteiger partial charge in [0.2, 0.25) is 5.91 Å². The normalized spacial score (nSPS) is 12.0. The minimum Gasteiger partial charge on any atom is -0.478 e. The Bertz CT molecular complexity index is 501. The third-order valence-electron chi connectivity index (χ3n) is 2.91. The topological polar surface area (TPSA) is 84.9 Å². The first-order valence-corrected chi connectivity index (χ1v) is 6.74. The molecule has 1 aromatic rings. The molecule has 1 aromatic carbocycles. The predicted octanol–water partition coefficient (Wildman–Crippen LogP) is 2.28. The first-order valence-electron chi connectivity index (χ1n) is 6.74. The minimum atomic E-state index is -1.06. The number of carbonyl (C=O) groups excluding carboxylic acids is 1. The summed E-state index contributed by atoms with van der Waals surface area (Å²) >= 11 is 0. The third-order valence-corrected chi connectivity index (χ3v) is 2.91. The van der Waals surface area contributed by atoms with E-state index in [1.807, 2.05) is 13.8 Å². The van der Waals surface area contributed by atoms with Crippen LogP contribution in [0.5, 0.6) is 0 Å². The summed E-state index contributed by atoms with van der Waals surface area (Å²) in [5.41, 5.74) is 1.19. The lowest BCUT2D eigenvalue weighted by molar-refractivity contribution is -0.122. The molecule has 1 amide bonds. The van der Waals surface area contributed by atoms with Gasteiger partial charge in [0, 0.05) is 12.8 Å². The molecule has 0 aromatic heterocycles. The number of anilines is 1. The standard InChI is InChI=1S/C15H21NO5/c1-4-10(2)21-9-14(17)16-13-6-11(8-20-3)5-12(7-13)15(18)19/h5-7,10H,4,8-9H2,1-3H3,(H,16,17)(H,18,19).